The molecule has 1 aromatic heterocycles. The molecule has 0 bridgehead atoms. The van der Waals surface area contributed by atoms with Gasteiger partial charge in [-0.15, -0.1) is 11.3 Å². The van der Waals surface area contributed by atoms with E-state index in [0.717, 1.165) is 28.0 Å². The summed E-state index contributed by atoms with van der Waals surface area (Å²) in [6.45, 7) is 5.99. The number of hydrogen-bond acceptors (Lipinski definition) is 4. The number of thiazole rings is 1. The molecule has 0 saturated heterocycles. The van der Waals surface area contributed by atoms with Crippen molar-refractivity contribution >= 4 is 17.3 Å². The van der Waals surface area contributed by atoms with Gasteiger partial charge in [0, 0.05) is 24.9 Å². The molecule has 0 aliphatic rings. The molecular formula is C18H23F3N4OS. The van der Waals surface area contributed by atoms with Gasteiger partial charge >= 0.3 is 6.18 Å². The molecule has 0 radical (unpaired) electrons. The molecule has 2 N–H and O–H groups in total. The molecule has 2 rings (SSSR count). The van der Waals surface area contributed by atoms with E-state index < -0.39 is 11.9 Å². The molecule has 27 heavy (non-hydrogen) atoms. The Kier molecular flexibility index (Phi) is 7.90. The van der Waals surface area contributed by atoms with Crippen molar-refractivity contribution in [3.63, 3.8) is 0 Å². The Morgan fingerprint density at radius 2 is 2.11 bits per heavy atom. The van der Waals surface area contributed by atoms with E-state index in [0.29, 0.717) is 43.6 Å². The van der Waals surface area contributed by atoms with Crippen molar-refractivity contribution in [2.45, 2.75) is 26.4 Å². The summed E-state index contributed by atoms with van der Waals surface area (Å²) >= 11 is 1.00. The molecule has 0 saturated carbocycles. The molecule has 0 aliphatic heterocycles. The molecule has 0 atom stereocenters. The second kappa shape index (κ2) is 10.1. The maximum absolute atomic E-state index is 12.6. The molecule has 0 aliphatic carbocycles. The van der Waals surface area contributed by atoms with E-state index in [1.807, 2.05) is 38.1 Å². The van der Waals surface area contributed by atoms with Crippen molar-refractivity contribution in [1.82, 2.24) is 15.6 Å². The third kappa shape index (κ3) is 7.46. The fourth-order valence-electron chi connectivity index (χ4n) is 2.20. The third-order valence-electron chi connectivity index (χ3n) is 3.43. The lowest BCUT2D eigenvalue weighted by Crippen LogP contribution is -2.39. The molecule has 2 aromatic rings. The number of guanidine groups is 1. The highest BCUT2D eigenvalue weighted by molar-refractivity contribution is 7.09. The fourth-order valence-corrected chi connectivity index (χ4v) is 3.00. The molecule has 5 nitrogen and oxygen atoms in total. The lowest BCUT2D eigenvalue weighted by Gasteiger charge is -2.12. The van der Waals surface area contributed by atoms with Gasteiger partial charge in [-0.05, 0) is 31.5 Å². The van der Waals surface area contributed by atoms with Crippen LogP contribution in [-0.4, -0.2) is 37.2 Å². The zero-order chi connectivity index (χ0) is 19.7. The molecule has 0 spiro atoms. The Labute approximate surface area is 160 Å². The molecule has 1 heterocycles. The van der Waals surface area contributed by atoms with Crippen molar-refractivity contribution in [2.24, 2.45) is 4.99 Å². The SMILES string of the molecule is CCNC(=NCCc1nc(C(F)(F)F)cs1)NCCOc1cccc(C)c1. The van der Waals surface area contributed by atoms with Gasteiger partial charge in [0.15, 0.2) is 11.7 Å². The minimum absolute atomic E-state index is 0.346. The van der Waals surface area contributed by atoms with Gasteiger partial charge in [-0.2, -0.15) is 13.2 Å². The van der Waals surface area contributed by atoms with Gasteiger partial charge in [-0.3, -0.25) is 4.99 Å². The van der Waals surface area contributed by atoms with Crippen molar-refractivity contribution in [3.05, 3.63) is 45.9 Å². The summed E-state index contributed by atoms with van der Waals surface area (Å²) < 4.78 is 43.3. The summed E-state index contributed by atoms with van der Waals surface area (Å²) in [6.07, 6.45) is -4.04. The minimum atomic E-state index is -4.40. The first kappa shape index (κ1) is 21.0. The van der Waals surface area contributed by atoms with Gasteiger partial charge in [-0.1, -0.05) is 12.1 Å². The van der Waals surface area contributed by atoms with E-state index in [1.165, 1.54) is 0 Å². The van der Waals surface area contributed by atoms with Crippen LogP contribution in [0.2, 0.25) is 0 Å². The molecule has 148 valence electrons. The maximum atomic E-state index is 12.6. The van der Waals surface area contributed by atoms with E-state index in [9.17, 15) is 13.2 Å². The first-order chi connectivity index (χ1) is 12.9. The average molecular weight is 400 g/mol. The predicted molar refractivity (Wildman–Crippen MR) is 101 cm³/mol. The number of alkyl halides is 3. The summed E-state index contributed by atoms with van der Waals surface area (Å²) in [5.41, 5.74) is 0.288. The van der Waals surface area contributed by atoms with Crippen molar-refractivity contribution in [3.8, 4) is 5.75 Å². The fraction of sp³-hybridized carbons (Fsp3) is 0.444. The van der Waals surface area contributed by atoms with Crippen LogP contribution in [0.3, 0.4) is 0 Å². The Hall–Kier alpha value is -2.29. The van der Waals surface area contributed by atoms with Crippen LogP contribution in [0.1, 0.15) is 23.2 Å². The van der Waals surface area contributed by atoms with Crippen LogP contribution in [0.4, 0.5) is 13.2 Å². The highest BCUT2D eigenvalue weighted by atomic mass is 32.1. The number of hydrogen-bond donors (Lipinski definition) is 2. The second-order valence-corrected chi connectivity index (χ2v) is 6.67. The number of aliphatic imine (C=N–C) groups is 1. The lowest BCUT2D eigenvalue weighted by atomic mass is 10.2. The second-order valence-electron chi connectivity index (χ2n) is 5.73. The molecule has 0 amide bonds. The van der Waals surface area contributed by atoms with Gasteiger partial charge in [0.25, 0.3) is 0 Å². The van der Waals surface area contributed by atoms with Gasteiger partial charge in [-0.25, -0.2) is 4.98 Å². The van der Waals surface area contributed by atoms with Crippen molar-refractivity contribution in [1.29, 1.82) is 0 Å². The molecule has 0 fully saturated rings. The first-order valence-corrected chi connectivity index (χ1v) is 9.49. The van der Waals surface area contributed by atoms with E-state index in [4.69, 9.17) is 4.74 Å². The number of nitrogens with zero attached hydrogens (tertiary/aromatic N) is 2. The summed E-state index contributed by atoms with van der Waals surface area (Å²) in [4.78, 5) is 7.97. The highest BCUT2D eigenvalue weighted by Crippen LogP contribution is 2.30. The topological polar surface area (TPSA) is 58.5 Å². The maximum Gasteiger partial charge on any atom is 0.434 e. The number of ether oxygens (including phenoxy) is 1. The number of rotatable bonds is 8. The minimum Gasteiger partial charge on any atom is -0.492 e. The van der Waals surface area contributed by atoms with E-state index >= 15 is 0 Å². The van der Waals surface area contributed by atoms with E-state index in [2.05, 4.69) is 20.6 Å². The standard InChI is InChI=1S/C18H23F3N4OS/c1-3-22-17(24-9-10-26-14-6-4-5-13(2)11-14)23-8-7-16-25-15(12-27-16)18(19,20)21/h4-6,11-12H,3,7-10H2,1-2H3,(H2,22,23,24). The number of aryl methyl sites for hydroxylation is 1. The quantitative estimate of drug-likeness (QED) is 0.404. The Morgan fingerprint density at radius 3 is 2.78 bits per heavy atom. The number of aromatic nitrogens is 1. The predicted octanol–water partition coefficient (Wildman–Crippen LogP) is 3.65. The highest BCUT2D eigenvalue weighted by Gasteiger charge is 2.33. The lowest BCUT2D eigenvalue weighted by molar-refractivity contribution is -0.140. The van der Waals surface area contributed by atoms with Gasteiger partial charge < -0.3 is 15.4 Å². The van der Waals surface area contributed by atoms with Gasteiger partial charge in [0.1, 0.15) is 12.4 Å². The molecule has 1 aromatic carbocycles. The van der Waals surface area contributed by atoms with Crippen molar-refractivity contribution < 1.29 is 17.9 Å². The average Bonchev–Trinajstić information content (AvgIpc) is 3.08. The first-order valence-electron chi connectivity index (χ1n) is 8.61. The Balaban J connectivity index is 1.77. The summed E-state index contributed by atoms with van der Waals surface area (Å²) in [6, 6.07) is 7.80. The monoisotopic (exact) mass is 400 g/mol. The van der Waals surface area contributed by atoms with Crippen LogP contribution in [0.5, 0.6) is 5.75 Å². The third-order valence-corrected chi connectivity index (χ3v) is 4.34. The van der Waals surface area contributed by atoms with E-state index in [-0.39, 0.29) is 0 Å². The Morgan fingerprint density at radius 1 is 1.30 bits per heavy atom. The number of halogens is 3. The summed E-state index contributed by atoms with van der Waals surface area (Å²) in [7, 11) is 0. The van der Waals surface area contributed by atoms with Crippen LogP contribution < -0.4 is 15.4 Å². The van der Waals surface area contributed by atoms with Crippen molar-refractivity contribution in [2.75, 3.05) is 26.2 Å². The van der Waals surface area contributed by atoms with Gasteiger partial charge in [0.2, 0.25) is 0 Å². The smallest absolute Gasteiger partial charge is 0.434 e. The van der Waals surface area contributed by atoms with E-state index in [1.54, 1.807) is 0 Å². The summed E-state index contributed by atoms with van der Waals surface area (Å²) in [5.74, 6) is 1.40. The number of benzene rings is 1. The zero-order valence-corrected chi connectivity index (χ0v) is 16.1. The van der Waals surface area contributed by atoms with Crippen LogP contribution >= 0.6 is 11.3 Å². The molecule has 9 heteroatoms. The summed E-state index contributed by atoms with van der Waals surface area (Å²) in [5, 5.41) is 7.68. The molecule has 0 unspecified atom stereocenters. The van der Waals surface area contributed by atoms with Crippen LogP contribution in [-0.2, 0) is 12.6 Å². The number of nitrogens with one attached hydrogen (secondary N) is 2. The largest absolute Gasteiger partial charge is 0.492 e. The van der Waals surface area contributed by atoms with Crippen LogP contribution in [0, 0.1) is 6.92 Å². The molecular weight excluding hydrogens is 377 g/mol. The van der Waals surface area contributed by atoms with Crippen LogP contribution in [0.25, 0.3) is 0 Å². The normalized spacial score (nSPS) is 12.1. The van der Waals surface area contributed by atoms with Crippen LogP contribution in [0.15, 0.2) is 34.6 Å². The van der Waals surface area contributed by atoms with Gasteiger partial charge in [0.05, 0.1) is 11.6 Å². The Bertz CT molecular complexity index is 746. The zero-order valence-electron chi connectivity index (χ0n) is 15.3.